The lowest BCUT2D eigenvalue weighted by atomic mass is 10.1. The summed E-state index contributed by atoms with van der Waals surface area (Å²) in [7, 11) is -3.71. The minimum atomic E-state index is -3.71. The Labute approximate surface area is 150 Å². The maximum atomic E-state index is 12.3. The Morgan fingerprint density at radius 1 is 1.20 bits per heavy atom. The van der Waals surface area contributed by atoms with Crippen LogP contribution in [0.25, 0.3) is 0 Å². The maximum absolute atomic E-state index is 12.3. The van der Waals surface area contributed by atoms with Crippen LogP contribution >= 0.6 is 11.6 Å². The highest BCUT2D eigenvalue weighted by Crippen LogP contribution is 2.31. The van der Waals surface area contributed by atoms with Crippen LogP contribution in [-0.4, -0.2) is 26.0 Å². The molecular formula is C17H15ClN2O4S. The molecule has 0 spiro atoms. The Balaban J connectivity index is 1.89. The van der Waals surface area contributed by atoms with Crippen molar-refractivity contribution in [3.05, 3.63) is 59.1 Å². The highest BCUT2D eigenvalue weighted by Gasteiger charge is 2.42. The average molecular weight is 379 g/mol. The summed E-state index contributed by atoms with van der Waals surface area (Å²) in [6.45, 7) is 1.56. The van der Waals surface area contributed by atoms with Crippen LogP contribution in [0.5, 0.6) is 0 Å². The van der Waals surface area contributed by atoms with Gasteiger partial charge in [-0.1, -0.05) is 36.7 Å². The van der Waals surface area contributed by atoms with Gasteiger partial charge in [0, 0.05) is 5.69 Å². The van der Waals surface area contributed by atoms with Crippen molar-refractivity contribution in [3.63, 3.8) is 0 Å². The van der Waals surface area contributed by atoms with E-state index in [0.29, 0.717) is 5.69 Å². The van der Waals surface area contributed by atoms with Crippen LogP contribution in [0.1, 0.15) is 17.3 Å². The van der Waals surface area contributed by atoms with Gasteiger partial charge >= 0.3 is 0 Å². The molecule has 6 nitrogen and oxygen atoms in total. The quantitative estimate of drug-likeness (QED) is 0.890. The predicted molar refractivity (Wildman–Crippen MR) is 96.3 cm³/mol. The molecule has 0 radical (unpaired) electrons. The van der Waals surface area contributed by atoms with Crippen molar-refractivity contribution >= 4 is 44.8 Å². The highest BCUT2D eigenvalue weighted by atomic mass is 35.5. The molecule has 0 aromatic heterocycles. The van der Waals surface area contributed by atoms with E-state index in [9.17, 15) is 18.0 Å². The molecule has 1 N–H and O–H groups in total. The number of carbonyl (C=O) groups is 2. The third-order valence-corrected chi connectivity index (χ3v) is 6.01. The van der Waals surface area contributed by atoms with Crippen LogP contribution in [0.3, 0.4) is 0 Å². The number of hydrogen-bond acceptors (Lipinski definition) is 4. The van der Waals surface area contributed by atoms with E-state index in [4.69, 9.17) is 11.6 Å². The first-order valence-corrected chi connectivity index (χ1v) is 9.51. The van der Waals surface area contributed by atoms with E-state index < -0.39 is 27.8 Å². The van der Waals surface area contributed by atoms with Gasteiger partial charge in [-0.05, 0) is 30.3 Å². The van der Waals surface area contributed by atoms with Gasteiger partial charge in [0.15, 0.2) is 0 Å². The van der Waals surface area contributed by atoms with Gasteiger partial charge in [0.1, 0.15) is 0 Å². The zero-order chi connectivity index (χ0) is 18.2. The van der Waals surface area contributed by atoms with Crippen LogP contribution in [-0.2, 0) is 14.8 Å². The van der Waals surface area contributed by atoms with Crippen LogP contribution < -0.4 is 9.62 Å². The van der Waals surface area contributed by atoms with Crippen molar-refractivity contribution in [2.75, 3.05) is 15.4 Å². The molecule has 3 rings (SSSR count). The Kier molecular flexibility index (Phi) is 4.53. The number of hydrogen-bond donors (Lipinski definition) is 1. The van der Waals surface area contributed by atoms with Crippen LogP contribution in [0.2, 0.25) is 5.02 Å². The summed E-state index contributed by atoms with van der Waals surface area (Å²) in [5.41, 5.74) is 0.931. The topological polar surface area (TPSA) is 83.6 Å². The molecule has 1 aliphatic heterocycles. The summed E-state index contributed by atoms with van der Waals surface area (Å²) >= 11 is 6.15. The van der Waals surface area contributed by atoms with Crippen molar-refractivity contribution in [2.24, 2.45) is 5.92 Å². The van der Waals surface area contributed by atoms with E-state index >= 15 is 0 Å². The van der Waals surface area contributed by atoms with Gasteiger partial charge in [0.25, 0.3) is 5.91 Å². The van der Waals surface area contributed by atoms with Crippen LogP contribution in [0, 0.1) is 5.92 Å². The second-order valence-corrected chi connectivity index (χ2v) is 8.04. The second-order valence-electron chi connectivity index (χ2n) is 5.77. The molecule has 1 aliphatic rings. The Morgan fingerprint density at radius 2 is 1.88 bits per heavy atom. The molecule has 0 aliphatic carbocycles. The lowest BCUT2D eigenvalue weighted by Crippen LogP contribution is -2.30. The highest BCUT2D eigenvalue weighted by molar-refractivity contribution is 7.94. The fraction of sp³-hybridized carbons (Fsp3) is 0.176. The first kappa shape index (κ1) is 17.4. The standard InChI is InChI=1S/C17H15ClN2O4S/c1-11-10-25(23,24)20(17(11)22)13-7-8-14(15(18)9-13)16(21)19-12-5-3-2-4-6-12/h2-9,11H,10H2,1H3,(H,19,21)/t11-/m1/s1. The van der Waals surface area contributed by atoms with Gasteiger partial charge in [-0.15, -0.1) is 0 Å². The maximum Gasteiger partial charge on any atom is 0.257 e. The fourth-order valence-corrected chi connectivity index (χ4v) is 4.69. The molecule has 1 heterocycles. The summed E-state index contributed by atoms with van der Waals surface area (Å²) in [6.07, 6.45) is 0. The molecule has 1 atom stereocenters. The minimum Gasteiger partial charge on any atom is -0.322 e. The van der Waals surface area contributed by atoms with Crippen molar-refractivity contribution in [1.82, 2.24) is 0 Å². The molecular weight excluding hydrogens is 364 g/mol. The number of para-hydroxylation sites is 1. The second kappa shape index (κ2) is 6.50. The molecule has 8 heteroatoms. The number of anilines is 2. The van der Waals surface area contributed by atoms with Gasteiger partial charge in [-0.25, -0.2) is 12.7 Å². The van der Waals surface area contributed by atoms with Crippen molar-refractivity contribution in [2.45, 2.75) is 6.92 Å². The van der Waals surface area contributed by atoms with E-state index in [0.717, 1.165) is 4.31 Å². The van der Waals surface area contributed by atoms with Crippen molar-refractivity contribution in [3.8, 4) is 0 Å². The van der Waals surface area contributed by atoms with Crippen LogP contribution in [0.15, 0.2) is 48.5 Å². The number of halogens is 1. The molecule has 1 fully saturated rings. The third-order valence-electron chi connectivity index (χ3n) is 3.82. The van der Waals surface area contributed by atoms with E-state index in [1.807, 2.05) is 6.07 Å². The summed E-state index contributed by atoms with van der Waals surface area (Å²) in [5.74, 6) is -1.77. The zero-order valence-corrected chi connectivity index (χ0v) is 14.8. The monoisotopic (exact) mass is 378 g/mol. The first-order valence-electron chi connectivity index (χ1n) is 7.52. The molecule has 1 saturated heterocycles. The normalized spacial score (nSPS) is 19.0. The summed E-state index contributed by atoms with van der Waals surface area (Å²) in [6, 6.07) is 13.0. The number of carbonyl (C=O) groups excluding carboxylic acids is 2. The summed E-state index contributed by atoms with van der Waals surface area (Å²) < 4.78 is 25.0. The van der Waals surface area contributed by atoms with Gasteiger partial charge < -0.3 is 5.32 Å². The van der Waals surface area contributed by atoms with Gasteiger partial charge in [-0.3, -0.25) is 9.59 Å². The largest absolute Gasteiger partial charge is 0.322 e. The summed E-state index contributed by atoms with van der Waals surface area (Å²) in [4.78, 5) is 24.4. The number of nitrogens with zero attached hydrogens (tertiary/aromatic N) is 1. The Hall–Kier alpha value is -2.38. The molecule has 0 saturated carbocycles. The minimum absolute atomic E-state index is 0.0634. The van der Waals surface area contributed by atoms with E-state index in [1.54, 1.807) is 31.2 Å². The number of nitrogens with one attached hydrogen (secondary N) is 1. The average Bonchev–Trinajstić information content (AvgIpc) is 2.75. The smallest absolute Gasteiger partial charge is 0.257 e. The molecule has 0 unspecified atom stereocenters. The third kappa shape index (κ3) is 3.38. The van der Waals surface area contributed by atoms with Gasteiger partial charge in [-0.2, -0.15) is 0 Å². The van der Waals surface area contributed by atoms with Crippen LogP contribution in [0.4, 0.5) is 11.4 Å². The molecule has 2 aromatic carbocycles. The number of benzene rings is 2. The predicted octanol–water partition coefficient (Wildman–Crippen LogP) is 2.90. The lowest BCUT2D eigenvalue weighted by Gasteiger charge is -2.16. The van der Waals surface area contributed by atoms with E-state index in [-0.39, 0.29) is 22.0 Å². The molecule has 2 aromatic rings. The van der Waals surface area contributed by atoms with E-state index in [2.05, 4.69) is 5.32 Å². The molecule has 130 valence electrons. The van der Waals surface area contributed by atoms with E-state index in [1.165, 1.54) is 18.2 Å². The SMILES string of the molecule is C[C@@H]1CS(=O)(=O)N(c2ccc(C(=O)Nc3ccccc3)c(Cl)c2)C1=O. The van der Waals surface area contributed by atoms with Gasteiger partial charge in [0.2, 0.25) is 15.9 Å². The van der Waals surface area contributed by atoms with Crippen molar-refractivity contribution in [1.29, 1.82) is 0 Å². The Morgan fingerprint density at radius 3 is 2.44 bits per heavy atom. The van der Waals surface area contributed by atoms with Crippen molar-refractivity contribution < 1.29 is 18.0 Å². The Bertz CT molecular complexity index is 944. The zero-order valence-electron chi connectivity index (χ0n) is 13.3. The number of sulfonamides is 1. The molecule has 2 amide bonds. The molecule has 25 heavy (non-hydrogen) atoms. The lowest BCUT2D eigenvalue weighted by molar-refractivity contribution is -0.119. The fourth-order valence-electron chi connectivity index (χ4n) is 2.62. The molecule has 0 bridgehead atoms. The number of rotatable bonds is 3. The van der Waals surface area contributed by atoms with Gasteiger partial charge in [0.05, 0.1) is 27.9 Å². The summed E-state index contributed by atoms with van der Waals surface area (Å²) in [5, 5.41) is 2.76. The first-order chi connectivity index (χ1) is 11.8. The number of amides is 2.